The minimum Gasteiger partial charge on any atom is -0.481 e. The van der Waals surface area contributed by atoms with Gasteiger partial charge in [0.2, 0.25) is 0 Å². The number of carbonyl (C=O) groups is 1. The molecular weight excluding hydrogens is 248 g/mol. The number of non-ortho nitro benzene ring substituents is 1. The molecule has 1 N–H and O–H groups in total. The predicted molar refractivity (Wildman–Crippen MR) is 67.9 cm³/mol. The van der Waals surface area contributed by atoms with Crippen molar-refractivity contribution in [3.05, 3.63) is 64.5 Å². The van der Waals surface area contributed by atoms with E-state index in [0.717, 1.165) is 5.56 Å². The molecule has 98 valence electrons. The van der Waals surface area contributed by atoms with Crippen LogP contribution >= 0.6 is 0 Å². The third kappa shape index (κ3) is 2.98. The van der Waals surface area contributed by atoms with Crippen LogP contribution in [0.3, 0.4) is 0 Å². The first-order valence-corrected chi connectivity index (χ1v) is 5.66. The molecule has 1 aromatic heterocycles. The maximum atomic E-state index is 10.9. The van der Waals surface area contributed by atoms with Gasteiger partial charge in [-0.05, 0) is 17.7 Å². The standard InChI is InChI=1S/C13H12N2O4/c16-13(17)9-12(14-7-1-2-8-14)10-3-5-11(6-4-10)15(18)19/h1-8,12H,9H2,(H,16,17). The number of nitro benzene ring substituents is 1. The van der Waals surface area contributed by atoms with Crippen LogP contribution < -0.4 is 0 Å². The van der Waals surface area contributed by atoms with Crippen molar-refractivity contribution >= 4 is 11.7 Å². The average molecular weight is 260 g/mol. The van der Waals surface area contributed by atoms with Gasteiger partial charge in [-0.2, -0.15) is 0 Å². The Morgan fingerprint density at radius 3 is 2.32 bits per heavy atom. The van der Waals surface area contributed by atoms with Crippen molar-refractivity contribution in [1.29, 1.82) is 0 Å². The molecule has 19 heavy (non-hydrogen) atoms. The van der Waals surface area contributed by atoms with Crippen molar-refractivity contribution < 1.29 is 14.8 Å². The van der Waals surface area contributed by atoms with Crippen molar-refractivity contribution in [2.45, 2.75) is 12.5 Å². The summed E-state index contributed by atoms with van der Waals surface area (Å²) in [5, 5.41) is 19.6. The summed E-state index contributed by atoms with van der Waals surface area (Å²) in [5.74, 6) is -0.919. The minimum atomic E-state index is -0.919. The lowest BCUT2D eigenvalue weighted by atomic mass is 10.0. The third-order valence-electron chi connectivity index (χ3n) is 2.84. The topological polar surface area (TPSA) is 85.4 Å². The van der Waals surface area contributed by atoms with Gasteiger partial charge in [-0.1, -0.05) is 12.1 Å². The first kappa shape index (κ1) is 12.8. The number of hydrogen-bond acceptors (Lipinski definition) is 3. The maximum Gasteiger partial charge on any atom is 0.305 e. The first-order valence-electron chi connectivity index (χ1n) is 5.66. The second kappa shape index (κ2) is 5.34. The molecule has 0 bridgehead atoms. The molecule has 0 saturated carbocycles. The van der Waals surface area contributed by atoms with E-state index in [4.69, 9.17) is 5.11 Å². The largest absolute Gasteiger partial charge is 0.481 e. The van der Waals surface area contributed by atoms with E-state index in [-0.39, 0.29) is 18.2 Å². The molecule has 6 heteroatoms. The van der Waals surface area contributed by atoms with Crippen molar-refractivity contribution in [2.24, 2.45) is 0 Å². The Labute approximate surface area is 109 Å². The third-order valence-corrected chi connectivity index (χ3v) is 2.84. The summed E-state index contributed by atoms with van der Waals surface area (Å²) in [7, 11) is 0. The van der Waals surface area contributed by atoms with Crippen molar-refractivity contribution in [3.63, 3.8) is 0 Å². The Kier molecular flexibility index (Phi) is 3.61. The zero-order valence-electron chi connectivity index (χ0n) is 9.97. The summed E-state index contributed by atoms with van der Waals surface area (Å²) in [6.45, 7) is 0. The molecular formula is C13H12N2O4. The van der Waals surface area contributed by atoms with Crippen LogP contribution in [0.4, 0.5) is 5.69 Å². The zero-order chi connectivity index (χ0) is 13.8. The molecule has 2 aromatic rings. The highest BCUT2D eigenvalue weighted by Gasteiger charge is 2.17. The average Bonchev–Trinajstić information content (AvgIpc) is 2.89. The number of aliphatic carboxylic acids is 1. The lowest BCUT2D eigenvalue weighted by Gasteiger charge is -2.17. The quantitative estimate of drug-likeness (QED) is 0.661. The van der Waals surface area contributed by atoms with Crippen LogP contribution in [0.2, 0.25) is 0 Å². The summed E-state index contributed by atoms with van der Waals surface area (Å²) in [6.07, 6.45) is 3.47. The van der Waals surface area contributed by atoms with Gasteiger partial charge in [0.15, 0.2) is 0 Å². The molecule has 0 fully saturated rings. The van der Waals surface area contributed by atoms with E-state index in [2.05, 4.69) is 0 Å². The monoisotopic (exact) mass is 260 g/mol. The Balaban J connectivity index is 2.33. The minimum absolute atomic E-state index is 0.00895. The van der Waals surface area contributed by atoms with Gasteiger partial charge in [-0.25, -0.2) is 0 Å². The highest BCUT2D eigenvalue weighted by Crippen LogP contribution is 2.24. The molecule has 0 radical (unpaired) electrons. The highest BCUT2D eigenvalue weighted by molar-refractivity contribution is 5.68. The normalized spacial score (nSPS) is 12.0. The van der Waals surface area contributed by atoms with Crippen molar-refractivity contribution in [1.82, 2.24) is 4.57 Å². The van der Waals surface area contributed by atoms with Crippen LogP contribution in [0, 0.1) is 10.1 Å². The molecule has 0 amide bonds. The molecule has 1 aromatic carbocycles. The van der Waals surface area contributed by atoms with Gasteiger partial charge in [0.05, 0.1) is 17.4 Å². The van der Waals surface area contributed by atoms with E-state index < -0.39 is 10.9 Å². The zero-order valence-corrected chi connectivity index (χ0v) is 9.97. The van der Waals surface area contributed by atoms with Crippen molar-refractivity contribution in [3.8, 4) is 0 Å². The van der Waals surface area contributed by atoms with Crippen LogP contribution in [-0.2, 0) is 4.79 Å². The van der Waals surface area contributed by atoms with Gasteiger partial charge >= 0.3 is 5.97 Å². The van der Waals surface area contributed by atoms with Crippen LogP contribution in [0.25, 0.3) is 0 Å². The number of nitrogens with zero attached hydrogens (tertiary/aromatic N) is 2. The van der Waals surface area contributed by atoms with E-state index in [9.17, 15) is 14.9 Å². The van der Waals surface area contributed by atoms with Gasteiger partial charge in [0, 0.05) is 24.5 Å². The summed E-state index contributed by atoms with van der Waals surface area (Å²) < 4.78 is 1.77. The summed E-state index contributed by atoms with van der Waals surface area (Å²) >= 11 is 0. The Hall–Kier alpha value is -2.63. The fourth-order valence-electron chi connectivity index (χ4n) is 1.93. The number of carboxylic acid groups (broad SMARTS) is 1. The molecule has 1 heterocycles. The molecule has 0 spiro atoms. The van der Waals surface area contributed by atoms with Crippen LogP contribution in [-0.4, -0.2) is 20.6 Å². The Morgan fingerprint density at radius 2 is 1.84 bits per heavy atom. The number of hydrogen-bond donors (Lipinski definition) is 1. The molecule has 0 aliphatic rings. The second-order valence-electron chi connectivity index (χ2n) is 4.09. The molecule has 0 saturated heterocycles. The number of benzene rings is 1. The fourth-order valence-corrected chi connectivity index (χ4v) is 1.93. The molecule has 0 aliphatic carbocycles. The Morgan fingerprint density at radius 1 is 1.26 bits per heavy atom. The lowest BCUT2D eigenvalue weighted by molar-refractivity contribution is -0.384. The number of rotatable bonds is 5. The maximum absolute atomic E-state index is 10.9. The molecule has 1 atom stereocenters. The van der Waals surface area contributed by atoms with Crippen LogP contribution in [0.5, 0.6) is 0 Å². The van der Waals surface area contributed by atoms with E-state index in [1.54, 1.807) is 41.2 Å². The van der Waals surface area contributed by atoms with Gasteiger partial charge < -0.3 is 9.67 Å². The number of carboxylic acids is 1. The van der Waals surface area contributed by atoms with Gasteiger partial charge in [-0.3, -0.25) is 14.9 Å². The highest BCUT2D eigenvalue weighted by atomic mass is 16.6. The van der Waals surface area contributed by atoms with E-state index >= 15 is 0 Å². The lowest BCUT2D eigenvalue weighted by Crippen LogP contribution is -2.13. The molecule has 1 unspecified atom stereocenters. The Bertz CT molecular complexity index is 575. The van der Waals surface area contributed by atoms with Gasteiger partial charge in [-0.15, -0.1) is 0 Å². The summed E-state index contributed by atoms with van der Waals surface area (Å²) in [4.78, 5) is 21.0. The van der Waals surface area contributed by atoms with E-state index in [1.807, 2.05) is 0 Å². The van der Waals surface area contributed by atoms with E-state index in [1.165, 1.54) is 12.1 Å². The molecule has 2 rings (SSSR count). The van der Waals surface area contributed by atoms with E-state index in [0.29, 0.717) is 0 Å². The molecule has 0 aliphatic heterocycles. The van der Waals surface area contributed by atoms with Crippen LogP contribution in [0.15, 0.2) is 48.8 Å². The SMILES string of the molecule is O=C(O)CC(c1ccc([N+](=O)[O-])cc1)n1cccc1. The number of nitro groups is 1. The fraction of sp³-hybridized carbons (Fsp3) is 0.154. The first-order chi connectivity index (χ1) is 9.08. The summed E-state index contributed by atoms with van der Waals surface area (Å²) in [6, 6.07) is 9.19. The summed E-state index contributed by atoms with van der Waals surface area (Å²) in [5.41, 5.74) is 0.717. The van der Waals surface area contributed by atoms with Crippen molar-refractivity contribution in [2.75, 3.05) is 0 Å². The number of aromatic nitrogens is 1. The molecule has 6 nitrogen and oxygen atoms in total. The van der Waals surface area contributed by atoms with Gasteiger partial charge in [0.25, 0.3) is 5.69 Å². The second-order valence-corrected chi connectivity index (χ2v) is 4.09. The van der Waals surface area contributed by atoms with Crippen LogP contribution in [0.1, 0.15) is 18.0 Å². The smallest absolute Gasteiger partial charge is 0.305 e. The van der Waals surface area contributed by atoms with Gasteiger partial charge in [0.1, 0.15) is 0 Å². The predicted octanol–water partition coefficient (Wildman–Crippen LogP) is 2.46.